The molecule has 0 amide bonds. The Bertz CT molecular complexity index is 462. The molecule has 0 aliphatic rings. The molecule has 0 fully saturated rings. The van der Waals surface area contributed by atoms with Gasteiger partial charge in [0.2, 0.25) is 5.28 Å². The lowest BCUT2D eigenvalue weighted by molar-refractivity contribution is 0.860. The molecular weight excluding hydrogens is 226 g/mol. The standard InChI is InChI=1S/C10H10ClN5/c1-16(7-8-2-4-12-5-3-8)9-6-13-15-10(11)14-9/h2-6H,7H2,1H3. The van der Waals surface area contributed by atoms with Crippen molar-refractivity contribution in [3.05, 3.63) is 41.6 Å². The Morgan fingerprint density at radius 2 is 2.06 bits per heavy atom. The largest absolute Gasteiger partial charge is 0.354 e. The molecule has 2 heterocycles. The Morgan fingerprint density at radius 3 is 2.75 bits per heavy atom. The van der Waals surface area contributed by atoms with E-state index in [4.69, 9.17) is 11.6 Å². The number of aromatic nitrogens is 4. The fraction of sp³-hybridized carbons (Fsp3) is 0.200. The van der Waals surface area contributed by atoms with E-state index >= 15 is 0 Å². The van der Waals surface area contributed by atoms with E-state index in [2.05, 4.69) is 20.2 Å². The summed E-state index contributed by atoms with van der Waals surface area (Å²) in [5.41, 5.74) is 1.15. The van der Waals surface area contributed by atoms with E-state index < -0.39 is 0 Å². The second-order valence-electron chi connectivity index (χ2n) is 3.30. The van der Waals surface area contributed by atoms with Crippen LogP contribution in [0.25, 0.3) is 0 Å². The highest BCUT2D eigenvalue weighted by molar-refractivity contribution is 6.28. The monoisotopic (exact) mass is 235 g/mol. The first kappa shape index (κ1) is 10.8. The Hall–Kier alpha value is -1.75. The Morgan fingerprint density at radius 1 is 1.31 bits per heavy atom. The first-order valence-corrected chi connectivity index (χ1v) is 5.09. The number of halogens is 1. The summed E-state index contributed by atoms with van der Waals surface area (Å²) >= 11 is 5.67. The molecule has 0 aliphatic carbocycles. The number of anilines is 1. The average Bonchev–Trinajstić information content (AvgIpc) is 2.30. The van der Waals surface area contributed by atoms with Gasteiger partial charge in [0.1, 0.15) is 0 Å². The fourth-order valence-electron chi connectivity index (χ4n) is 1.30. The molecule has 0 atom stereocenters. The van der Waals surface area contributed by atoms with Gasteiger partial charge < -0.3 is 4.90 Å². The predicted octanol–water partition coefficient (Wildman–Crippen LogP) is 1.56. The van der Waals surface area contributed by atoms with Crippen LogP contribution in [0, 0.1) is 0 Å². The highest BCUT2D eigenvalue weighted by atomic mass is 35.5. The van der Waals surface area contributed by atoms with Gasteiger partial charge in [-0.25, -0.2) is 0 Å². The average molecular weight is 236 g/mol. The molecule has 0 radical (unpaired) electrons. The molecule has 16 heavy (non-hydrogen) atoms. The number of hydrogen-bond donors (Lipinski definition) is 0. The van der Waals surface area contributed by atoms with Gasteiger partial charge >= 0.3 is 0 Å². The van der Waals surface area contributed by atoms with Crippen LogP contribution < -0.4 is 4.90 Å². The first-order valence-electron chi connectivity index (χ1n) is 4.71. The molecule has 2 rings (SSSR count). The molecule has 6 heteroatoms. The van der Waals surface area contributed by atoms with Gasteiger partial charge in [0.25, 0.3) is 0 Å². The normalized spacial score (nSPS) is 10.1. The lowest BCUT2D eigenvalue weighted by Gasteiger charge is -2.17. The second-order valence-corrected chi connectivity index (χ2v) is 3.63. The van der Waals surface area contributed by atoms with Gasteiger partial charge in [-0.1, -0.05) is 0 Å². The molecular formula is C10H10ClN5. The van der Waals surface area contributed by atoms with Gasteiger partial charge in [-0.2, -0.15) is 10.1 Å². The first-order chi connectivity index (χ1) is 7.75. The third kappa shape index (κ3) is 2.64. The maximum absolute atomic E-state index is 5.67. The van der Waals surface area contributed by atoms with Crippen molar-refractivity contribution in [3.8, 4) is 0 Å². The maximum atomic E-state index is 5.67. The summed E-state index contributed by atoms with van der Waals surface area (Å²) < 4.78 is 0. The summed E-state index contributed by atoms with van der Waals surface area (Å²) in [6.45, 7) is 0.720. The van der Waals surface area contributed by atoms with Crippen LogP contribution in [0.5, 0.6) is 0 Å². The van der Waals surface area contributed by atoms with Crippen molar-refractivity contribution in [1.82, 2.24) is 20.2 Å². The summed E-state index contributed by atoms with van der Waals surface area (Å²) in [5, 5.41) is 7.50. The maximum Gasteiger partial charge on any atom is 0.244 e. The molecule has 0 spiro atoms. The van der Waals surface area contributed by atoms with Crippen LogP contribution in [0.1, 0.15) is 5.56 Å². The Labute approximate surface area is 98.1 Å². The van der Waals surface area contributed by atoms with Crippen molar-refractivity contribution in [2.45, 2.75) is 6.54 Å². The SMILES string of the molecule is CN(Cc1ccncc1)c1cnnc(Cl)n1. The van der Waals surface area contributed by atoms with Crippen LogP contribution in [0.3, 0.4) is 0 Å². The molecule has 2 aromatic heterocycles. The lowest BCUT2D eigenvalue weighted by atomic mass is 10.2. The summed E-state index contributed by atoms with van der Waals surface area (Å²) in [4.78, 5) is 9.97. The number of pyridine rings is 1. The zero-order valence-corrected chi connectivity index (χ0v) is 9.46. The number of nitrogens with zero attached hydrogens (tertiary/aromatic N) is 5. The smallest absolute Gasteiger partial charge is 0.244 e. The predicted molar refractivity (Wildman–Crippen MR) is 61.2 cm³/mol. The van der Waals surface area contributed by atoms with E-state index in [0.29, 0.717) is 5.82 Å². The van der Waals surface area contributed by atoms with Crippen LogP contribution in [0.2, 0.25) is 5.28 Å². The Kier molecular flexibility index (Phi) is 3.26. The molecule has 0 N–H and O–H groups in total. The highest BCUT2D eigenvalue weighted by Gasteiger charge is 2.04. The lowest BCUT2D eigenvalue weighted by Crippen LogP contribution is -2.18. The minimum atomic E-state index is 0.152. The van der Waals surface area contributed by atoms with Crippen LogP contribution in [0.15, 0.2) is 30.7 Å². The van der Waals surface area contributed by atoms with E-state index in [1.54, 1.807) is 18.6 Å². The summed E-state index contributed by atoms with van der Waals surface area (Å²) in [6, 6.07) is 3.90. The van der Waals surface area contributed by atoms with Crippen molar-refractivity contribution in [2.24, 2.45) is 0 Å². The third-order valence-electron chi connectivity index (χ3n) is 2.08. The van der Waals surface area contributed by atoms with Gasteiger partial charge in [-0.15, -0.1) is 5.10 Å². The van der Waals surface area contributed by atoms with Crippen LogP contribution in [0.4, 0.5) is 5.82 Å². The Balaban J connectivity index is 2.12. The van der Waals surface area contributed by atoms with Crippen molar-refractivity contribution < 1.29 is 0 Å². The molecule has 0 bridgehead atoms. The van der Waals surface area contributed by atoms with Gasteiger partial charge in [0.05, 0.1) is 6.20 Å². The van der Waals surface area contributed by atoms with Crippen molar-refractivity contribution in [3.63, 3.8) is 0 Å². The zero-order chi connectivity index (χ0) is 11.4. The van der Waals surface area contributed by atoms with Crippen LogP contribution >= 0.6 is 11.6 Å². The van der Waals surface area contributed by atoms with Gasteiger partial charge in [-0.05, 0) is 29.3 Å². The van der Waals surface area contributed by atoms with Crippen LogP contribution in [-0.4, -0.2) is 27.2 Å². The number of rotatable bonds is 3. The molecule has 0 aliphatic heterocycles. The molecule has 0 unspecified atom stereocenters. The van der Waals surface area contributed by atoms with Crippen molar-refractivity contribution in [1.29, 1.82) is 0 Å². The molecule has 5 nitrogen and oxygen atoms in total. The minimum absolute atomic E-state index is 0.152. The molecule has 0 saturated heterocycles. The van der Waals surface area contributed by atoms with Crippen molar-refractivity contribution >= 4 is 17.4 Å². The summed E-state index contributed by atoms with van der Waals surface area (Å²) in [7, 11) is 1.92. The quantitative estimate of drug-likeness (QED) is 0.808. The van der Waals surface area contributed by atoms with Gasteiger partial charge in [0, 0.05) is 26.0 Å². The van der Waals surface area contributed by atoms with E-state index in [0.717, 1.165) is 12.1 Å². The van der Waals surface area contributed by atoms with Gasteiger partial charge in [0.15, 0.2) is 5.82 Å². The highest BCUT2D eigenvalue weighted by Crippen LogP contribution is 2.11. The van der Waals surface area contributed by atoms with E-state index in [1.807, 2.05) is 24.1 Å². The van der Waals surface area contributed by atoms with Gasteiger partial charge in [-0.3, -0.25) is 4.98 Å². The third-order valence-corrected chi connectivity index (χ3v) is 2.24. The van der Waals surface area contributed by atoms with E-state index in [9.17, 15) is 0 Å². The van der Waals surface area contributed by atoms with E-state index in [-0.39, 0.29) is 5.28 Å². The van der Waals surface area contributed by atoms with E-state index in [1.165, 1.54) is 0 Å². The second kappa shape index (κ2) is 4.85. The summed E-state index contributed by atoms with van der Waals surface area (Å²) in [5.74, 6) is 0.691. The minimum Gasteiger partial charge on any atom is -0.354 e. The molecule has 0 saturated carbocycles. The molecule has 82 valence electrons. The number of hydrogen-bond acceptors (Lipinski definition) is 5. The topological polar surface area (TPSA) is 54.8 Å². The molecule has 2 aromatic rings. The fourth-order valence-corrected chi connectivity index (χ4v) is 1.43. The van der Waals surface area contributed by atoms with Crippen molar-refractivity contribution in [2.75, 3.05) is 11.9 Å². The summed E-state index contributed by atoms with van der Waals surface area (Å²) in [6.07, 6.45) is 5.09. The zero-order valence-electron chi connectivity index (χ0n) is 8.71. The van der Waals surface area contributed by atoms with Crippen LogP contribution in [-0.2, 0) is 6.54 Å². The molecule has 0 aromatic carbocycles.